The molecule has 100 valence electrons. The lowest BCUT2D eigenvalue weighted by Crippen LogP contribution is -2.57. The van der Waals surface area contributed by atoms with Gasteiger partial charge in [0.2, 0.25) is 5.91 Å². The zero-order chi connectivity index (χ0) is 13.0. The molecular weight excluding hydrogens is 214 g/mol. The molecule has 1 saturated heterocycles. The van der Waals surface area contributed by atoms with Crippen molar-refractivity contribution in [3.8, 4) is 0 Å². The molecule has 1 aliphatic heterocycles. The molecule has 0 radical (unpaired) electrons. The minimum absolute atomic E-state index is 0.205. The van der Waals surface area contributed by atoms with Crippen molar-refractivity contribution in [1.82, 2.24) is 14.7 Å². The first-order valence-corrected chi connectivity index (χ1v) is 6.57. The van der Waals surface area contributed by atoms with Crippen molar-refractivity contribution >= 4 is 5.91 Å². The quantitative estimate of drug-likeness (QED) is 0.731. The van der Waals surface area contributed by atoms with Crippen LogP contribution >= 0.6 is 0 Å². The Bertz CT molecular complexity index is 243. The fourth-order valence-electron chi connectivity index (χ4n) is 2.62. The highest BCUT2D eigenvalue weighted by Crippen LogP contribution is 2.16. The lowest BCUT2D eigenvalue weighted by atomic mass is 10.1. The van der Waals surface area contributed by atoms with Crippen LogP contribution in [0, 0.1) is 0 Å². The Labute approximate surface area is 106 Å². The minimum atomic E-state index is 0.205. The SMILES string of the molecule is CC(=O)N1CC(C)N(CCCN(C)C)C(C)C1. The summed E-state index contributed by atoms with van der Waals surface area (Å²) >= 11 is 0. The second-order valence-corrected chi connectivity index (χ2v) is 5.52. The van der Waals surface area contributed by atoms with Crippen molar-refractivity contribution in [3.63, 3.8) is 0 Å². The van der Waals surface area contributed by atoms with Crippen LogP contribution in [-0.2, 0) is 4.79 Å². The third kappa shape index (κ3) is 4.28. The summed E-state index contributed by atoms with van der Waals surface area (Å²) < 4.78 is 0. The van der Waals surface area contributed by atoms with Crippen molar-refractivity contribution in [1.29, 1.82) is 0 Å². The van der Waals surface area contributed by atoms with Crippen molar-refractivity contribution in [2.45, 2.75) is 39.3 Å². The van der Waals surface area contributed by atoms with E-state index >= 15 is 0 Å². The minimum Gasteiger partial charge on any atom is -0.340 e. The third-order valence-electron chi connectivity index (χ3n) is 3.57. The molecule has 2 atom stereocenters. The normalized spacial score (nSPS) is 26.6. The van der Waals surface area contributed by atoms with E-state index in [1.165, 1.54) is 6.42 Å². The summed E-state index contributed by atoms with van der Waals surface area (Å²) in [6.45, 7) is 10.1. The van der Waals surface area contributed by atoms with Gasteiger partial charge in [0.15, 0.2) is 0 Å². The molecule has 4 heteroatoms. The fraction of sp³-hybridized carbons (Fsp3) is 0.923. The van der Waals surface area contributed by atoms with Crippen LogP contribution < -0.4 is 0 Å². The maximum atomic E-state index is 11.4. The molecule has 0 aromatic heterocycles. The summed E-state index contributed by atoms with van der Waals surface area (Å²) in [5.74, 6) is 0.205. The number of hydrogen-bond acceptors (Lipinski definition) is 3. The van der Waals surface area contributed by atoms with E-state index in [0.29, 0.717) is 12.1 Å². The fourth-order valence-corrected chi connectivity index (χ4v) is 2.62. The number of amides is 1. The monoisotopic (exact) mass is 241 g/mol. The molecule has 4 nitrogen and oxygen atoms in total. The van der Waals surface area contributed by atoms with Crippen molar-refractivity contribution < 1.29 is 4.79 Å². The van der Waals surface area contributed by atoms with E-state index in [-0.39, 0.29) is 5.91 Å². The molecule has 0 saturated carbocycles. The standard InChI is InChI=1S/C13H27N3O/c1-11-9-15(13(3)17)10-12(2)16(11)8-6-7-14(4)5/h11-12H,6-10H2,1-5H3. The first-order chi connectivity index (χ1) is 7.91. The molecule has 0 bridgehead atoms. The topological polar surface area (TPSA) is 26.8 Å². The van der Waals surface area contributed by atoms with Gasteiger partial charge in [0, 0.05) is 38.6 Å². The van der Waals surface area contributed by atoms with Crippen LogP contribution in [0.3, 0.4) is 0 Å². The van der Waals surface area contributed by atoms with Crippen LogP contribution in [0.4, 0.5) is 0 Å². The second-order valence-electron chi connectivity index (χ2n) is 5.52. The molecule has 0 N–H and O–H groups in total. The summed E-state index contributed by atoms with van der Waals surface area (Å²) in [5, 5.41) is 0. The van der Waals surface area contributed by atoms with Crippen molar-refractivity contribution in [3.05, 3.63) is 0 Å². The van der Waals surface area contributed by atoms with Gasteiger partial charge in [0.05, 0.1) is 0 Å². The molecule has 0 aliphatic carbocycles. The van der Waals surface area contributed by atoms with E-state index in [1.807, 2.05) is 4.90 Å². The molecule has 1 fully saturated rings. The lowest BCUT2D eigenvalue weighted by Gasteiger charge is -2.44. The highest BCUT2D eigenvalue weighted by atomic mass is 16.2. The smallest absolute Gasteiger partial charge is 0.219 e. The summed E-state index contributed by atoms with van der Waals surface area (Å²) in [6, 6.07) is 0.953. The van der Waals surface area contributed by atoms with Gasteiger partial charge in [0.1, 0.15) is 0 Å². The number of carbonyl (C=O) groups excluding carboxylic acids is 1. The van der Waals surface area contributed by atoms with Gasteiger partial charge in [-0.3, -0.25) is 9.69 Å². The Kier molecular flexibility index (Phi) is 5.40. The number of rotatable bonds is 4. The molecule has 1 rings (SSSR count). The molecule has 0 spiro atoms. The van der Waals surface area contributed by atoms with Crippen LogP contribution in [-0.4, -0.2) is 73.0 Å². The highest BCUT2D eigenvalue weighted by Gasteiger charge is 2.29. The van der Waals surface area contributed by atoms with E-state index in [0.717, 1.165) is 26.2 Å². The molecule has 0 aromatic rings. The highest BCUT2D eigenvalue weighted by molar-refractivity contribution is 5.73. The Hall–Kier alpha value is -0.610. The lowest BCUT2D eigenvalue weighted by molar-refractivity contribution is -0.133. The summed E-state index contributed by atoms with van der Waals surface area (Å²) in [6.07, 6.45) is 1.20. The molecule has 1 heterocycles. The number of piperazine rings is 1. The Balaban J connectivity index is 2.43. The van der Waals surface area contributed by atoms with Crippen LogP contribution in [0.25, 0.3) is 0 Å². The van der Waals surface area contributed by atoms with Gasteiger partial charge in [0.25, 0.3) is 0 Å². The van der Waals surface area contributed by atoms with Gasteiger partial charge in [-0.15, -0.1) is 0 Å². The summed E-state index contributed by atoms with van der Waals surface area (Å²) in [7, 11) is 4.22. The molecule has 1 aliphatic rings. The van der Waals surface area contributed by atoms with Crippen LogP contribution in [0.2, 0.25) is 0 Å². The Morgan fingerprint density at radius 2 is 1.76 bits per heavy atom. The predicted octanol–water partition coefficient (Wildman–Crippen LogP) is 0.879. The molecule has 1 amide bonds. The predicted molar refractivity (Wildman–Crippen MR) is 71.1 cm³/mol. The van der Waals surface area contributed by atoms with Gasteiger partial charge in [-0.05, 0) is 40.9 Å². The first-order valence-electron chi connectivity index (χ1n) is 6.57. The third-order valence-corrected chi connectivity index (χ3v) is 3.57. The largest absolute Gasteiger partial charge is 0.340 e. The van der Waals surface area contributed by atoms with E-state index < -0.39 is 0 Å². The average Bonchev–Trinajstić information content (AvgIpc) is 2.21. The second kappa shape index (κ2) is 6.36. The van der Waals surface area contributed by atoms with Gasteiger partial charge < -0.3 is 9.80 Å². The zero-order valence-electron chi connectivity index (χ0n) is 11.9. The number of hydrogen-bond donors (Lipinski definition) is 0. The van der Waals surface area contributed by atoms with E-state index in [1.54, 1.807) is 6.92 Å². The first kappa shape index (κ1) is 14.5. The molecular formula is C13H27N3O. The van der Waals surface area contributed by atoms with Gasteiger partial charge in [-0.25, -0.2) is 0 Å². The maximum absolute atomic E-state index is 11.4. The van der Waals surface area contributed by atoms with Gasteiger partial charge in [-0.2, -0.15) is 0 Å². The van der Waals surface area contributed by atoms with Gasteiger partial charge in [-0.1, -0.05) is 0 Å². The molecule has 2 unspecified atom stereocenters. The van der Waals surface area contributed by atoms with Crippen molar-refractivity contribution in [2.75, 3.05) is 40.3 Å². The summed E-state index contributed by atoms with van der Waals surface area (Å²) in [5.41, 5.74) is 0. The summed E-state index contributed by atoms with van der Waals surface area (Å²) in [4.78, 5) is 18.1. The van der Waals surface area contributed by atoms with Crippen LogP contribution in [0.1, 0.15) is 27.2 Å². The van der Waals surface area contributed by atoms with Gasteiger partial charge >= 0.3 is 0 Å². The van der Waals surface area contributed by atoms with E-state index in [2.05, 4.69) is 37.7 Å². The van der Waals surface area contributed by atoms with Crippen molar-refractivity contribution in [2.24, 2.45) is 0 Å². The number of nitrogens with zero attached hydrogens (tertiary/aromatic N) is 3. The Morgan fingerprint density at radius 1 is 1.24 bits per heavy atom. The molecule has 17 heavy (non-hydrogen) atoms. The number of carbonyl (C=O) groups is 1. The zero-order valence-corrected chi connectivity index (χ0v) is 11.9. The van der Waals surface area contributed by atoms with Crippen LogP contribution in [0.15, 0.2) is 0 Å². The van der Waals surface area contributed by atoms with Crippen LogP contribution in [0.5, 0.6) is 0 Å². The van der Waals surface area contributed by atoms with E-state index in [4.69, 9.17) is 0 Å². The average molecular weight is 241 g/mol. The Morgan fingerprint density at radius 3 is 2.18 bits per heavy atom. The molecule has 0 aromatic carbocycles. The van der Waals surface area contributed by atoms with E-state index in [9.17, 15) is 4.79 Å². The maximum Gasteiger partial charge on any atom is 0.219 e.